The van der Waals surface area contributed by atoms with Crippen LogP contribution in [-0.4, -0.2) is 46.1 Å². The molecule has 0 N–H and O–H groups in total. The molecule has 24 heavy (non-hydrogen) atoms. The van der Waals surface area contributed by atoms with Gasteiger partial charge in [0.1, 0.15) is 11.6 Å². The van der Waals surface area contributed by atoms with Gasteiger partial charge in [-0.1, -0.05) is 0 Å². The van der Waals surface area contributed by atoms with Crippen LogP contribution >= 0.6 is 0 Å². The summed E-state index contributed by atoms with van der Waals surface area (Å²) in [7, 11) is 0. The van der Waals surface area contributed by atoms with E-state index in [0.29, 0.717) is 5.92 Å². The average molecular weight is 324 g/mol. The van der Waals surface area contributed by atoms with Crippen molar-refractivity contribution in [3.05, 3.63) is 36.0 Å². The molecule has 2 aromatic heterocycles. The molecule has 2 aromatic rings. The van der Waals surface area contributed by atoms with Crippen LogP contribution in [0.15, 0.2) is 24.5 Å². The van der Waals surface area contributed by atoms with Crippen molar-refractivity contribution in [2.45, 2.75) is 38.5 Å². The van der Waals surface area contributed by atoms with Crippen molar-refractivity contribution >= 4 is 11.8 Å². The summed E-state index contributed by atoms with van der Waals surface area (Å²) in [6.45, 7) is 6.18. The molecule has 2 aliphatic heterocycles. The zero-order valence-electron chi connectivity index (χ0n) is 14.2. The Kier molecular flexibility index (Phi) is 4.28. The fourth-order valence-corrected chi connectivity index (χ4v) is 3.75. The highest BCUT2D eigenvalue weighted by Gasteiger charge is 2.25. The van der Waals surface area contributed by atoms with E-state index < -0.39 is 0 Å². The van der Waals surface area contributed by atoms with Gasteiger partial charge in [-0.15, -0.1) is 0 Å². The van der Waals surface area contributed by atoms with E-state index in [1.54, 1.807) is 0 Å². The standard InChI is InChI=1S/C18H24N6/c1-14-21-16(12-17(22-14)23-9-2-3-10-23)15-6-4-11-24(13-15)18-19-7-5-8-20-18/h5,7-8,12,15H,2-4,6,9-11,13H2,1H3/t15-/m0/s1. The van der Waals surface area contributed by atoms with Crippen molar-refractivity contribution in [2.75, 3.05) is 36.0 Å². The monoisotopic (exact) mass is 324 g/mol. The second kappa shape index (κ2) is 6.71. The van der Waals surface area contributed by atoms with E-state index in [-0.39, 0.29) is 0 Å². The summed E-state index contributed by atoms with van der Waals surface area (Å²) in [5.74, 6) is 3.23. The Morgan fingerprint density at radius 2 is 1.71 bits per heavy atom. The second-order valence-corrected chi connectivity index (χ2v) is 6.73. The molecule has 0 radical (unpaired) electrons. The lowest BCUT2D eigenvalue weighted by Gasteiger charge is -2.32. The summed E-state index contributed by atoms with van der Waals surface area (Å²) in [6, 6.07) is 4.07. The smallest absolute Gasteiger partial charge is 0.225 e. The molecule has 0 amide bonds. The highest BCUT2D eigenvalue weighted by molar-refractivity contribution is 5.42. The van der Waals surface area contributed by atoms with E-state index in [1.165, 1.54) is 25.0 Å². The third kappa shape index (κ3) is 3.18. The predicted octanol–water partition coefficient (Wildman–Crippen LogP) is 2.56. The first-order valence-corrected chi connectivity index (χ1v) is 8.92. The largest absolute Gasteiger partial charge is 0.357 e. The van der Waals surface area contributed by atoms with Crippen molar-refractivity contribution in [2.24, 2.45) is 0 Å². The molecule has 0 unspecified atom stereocenters. The van der Waals surface area contributed by atoms with Crippen LogP contribution in [0.4, 0.5) is 11.8 Å². The molecule has 126 valence electrons. The SMILES string of the molecule is Cc1nc([C@H]2CCCN(c3ncccn3)C2)cc(N2CCCC2)n1. The van der Waals surface area contributed by atoms with Gasteiger partial charge < -0.3 is 9.80 Å². The van der Waals surface area contributed by atoms with Gasteiger partial charge in [-0.3, -0.25) is 0 Å². The molecule has 4 heterocycles. The lowest BCUT2D eigenvalue weighted by molar-refractivity contribution is 0.493. The topological polar surface area (TPSA) is 58.0 Å². The lowest BCUT2D eigenvalue weighted by Crippen LogP contribution is -2.36. The van der Waals surface area contributed by atoms with Gasteiger partial charge in [-0.05, 0) is 38.7 Å². The van der Waals surface area contributed by atoms with Gasteiger partial charge in [-0.2, -0.15) is 0 Å². The third-order valence-electron chi connectivity index (χ3n) is 4.95. The van der Waals surface area contributed by atoms with E-state index in [0.717, 1.165) is 50.2 Å². The number of aromatic nitrogens is 4. The fourth-order valence-electron chi connectivity index (χ4n) is 3.75. The van der Waals surface area contributed by atoms with E-state index >= 15 is 0 Å². The maximum absolute atomic E-state index is 4.75. The fraction of sp³-hybridized carbons (Fsp3) is 0.556. The summed E-state index contributed by atoms with van der Waals surface area (Å²) in [6.07, 6.45) is 8.46. The van der Waals surface area contributed by atoms with Gasteiger partial charge in [0.2, 0.25) is 5.95 Å². The van der Waals surface area contributed by atoms with Gasteiger partial charge >= 0.3 is 0 Å². The Morgan fingerprint density at radius 1 is 0.958 bits per heavy atom. The molecule has 2 saturated heterocycles. The van der Waals surface area contributed by atoms with Crippen molar-refractivity contribution < 1.29 is 0 Å². The summed E-state index contributed by atoms with van der Waals surface area (Å²) in [5.41, 5.74) is 1.17. The number of hydrogen-bond acceptors (Lipinski definition) is 6. The summed E-state index contributed by atoms with van der Waals surface area (Å²) >= 11 is 0. The molecule has 6 heteroatoms. The molecule has 0 aliphatic carbocycles. The van der Waals surface area contributed by atoms with Crippen LogP contribution in [0.25, 0.3) is 0 Å². The minimum atomic E-state index is 0.422. The zero-order valence-corrected chi connectivity index (χ0v) is 14.2. The highest BCUT2D eigenvalue weighted by Crippen LogP contribution is 2.29. The molecule has 4 rings (SSSR count). The first-order valence-electron chi connectivity index (χ1n) is 8.92. The molecule has 0 spiro atoms. The van der Waals surface area contributed by atoms with Crippen LogP contribution in [0.1, 0.15) is 43.1 Å². The molecule has 0 saturated carbocycles. The first-order chi connectivity index (χ1) is 11.8. The number of hydrogen-bond donors (Lipinski definition) is 0. The minimum absolute atomic E-state index is 0.422. The van der Waals surface area contributed by atoms with Crippen LogP contribution in [0.2, 0.25) is 0 Å². The van der Waals surface area contributed by atoms with Crippen molar-refractivity contribution in [1.29, 1.82) is 0 Å². The molecule has 6 nitrogen and oxygen atoms in total. The van der Waals surface area contributed by atoms with Crippen molar-refractivity contribution in [1.82, 2.24) is 19.9 Å². The van der Waals surface area contributed by atoms with Gasteiger partial charge in [0.25, 0.3) is 0 Å². The van der Waals surface area contributed by atoms with Gasteiger partial charge in [0.15, 0.2) is 0 Å². The van der Waals surface area contributed by atoms with E-state index in [9.17, 15) is 0 Å². The summed E-state index contributed by atoms with van der Waals surface area (Å²) in [5, 5.41) is 0. The first kappa shape index (κ1) is 15.3. The van der Waals surface area contributed by atoms with Crippen LogP contribution in [0.5, 0.6) is 0 Å². The summed E-state index contributed by atoms with van der Waals surface area (Å²) in [4.78, 5) is 22.9. The molecule has 0 aromatic carbocycles. The van der Waals surface area contributed by atoms with Crippen LogP contribution in [0, 0.1) is 6.92 Å². The average Bonchev–Trinajstić information content (AvgIpc) is 3.17. The Labute approximate surface area is 143 Å². The molecular formula is C18H24N6. The molecule has 2 aliphatic rings. The quantitative estimate of drug-likeness (QED) is 0.865. The van der Waals surface area contributed by atoms with E-state index in [1.807, 2.05) is 25.4 Å². The molecule has 0 bridgehead atoms. The number of piperidine rings is 1. The number of anilines is 2. The Bertz CT molecular complexity index is 683. The molecule has 2 fully saturated rings. The van der Waals surface area contributed by atoms with Gasteiger partial charge in [0.05, 0.1) is 5.69 Å². The van der Waals surface area contributed by atoms with Gasteiger partial charge in [-0.25, -0.2) is 19.9 Å². The van der Waals surface area contributed by atoms with E-state index in [4.69, 9.17) is 4.98 Å². The Hall–Kier alpha value is -2.24. The van der Waals surface area contributed by atoms with Crippen LogP contribution in [0.3, 0.4) is 0 Å². The van der Waals surface area contributed by atoms with E-state index in [2.05, 4.69) is 30.8 Å². The lowest BCUT2D eigenvalue weighted by atomic mass is 9.94. The number of rotatable bonds is 3. The number of nitrogens with zero attached hydrogens (tertiary/aromatic N) is 6. The highest BCUT2D eigenvalue weighted by atomic mass is 15.3. The Morgan fingerprint density at radius 3 is 2.50 bits per heavy atom. The predicted molar refractivity (Wildman–Crippen MR) is 94.4 cm³/mol. The van der Waals surface area contributed by atoms with Crippen molar-refractivity contribution in [3.63, 3.8) is 0 Å². The molecule has 1 atom stereocenters. The Balaban J connectivity index is 1.56. The maximum Gasteiger partial charge on any atom is 0.225 e. The number of aryl methyl sites for hydroxylation is 1. The van der Waals surface area contributed by atoms with Gasteiger partial charge in [0, 0.05) is 50.6 Å². The second-order valence-electron chi connectivity index (χ2n) is 6.73. The third-order valence-corrected chi connectivity index (χ3v) is 4.95. The maximum atomic E-state index is 4.75. The zero-order chi connectivity index (χ0) is 16.4. The van der Waals surface area contributed by atoms with Crippen LogP contribution in [-0.2, 0) is 0 Å². The van der Waals surface area contributed by atoms with Crippen molar-refractivity contribution in [3.8, 4) is 0 Å². The molecular weight excluding hydrogens is 300 g/mol. The normalized spacial score (nSPS) is 21.3. The minimum Gasteiger partial charge on any atom is -0.357 e. The summed E-state index contributed by atoms with van der Waals surface area (Å²) < 4.78 is 0. The van der Waals surface area contributed by atoms with Crippen LogP contribution < -0.4 is 9.80 Å².